The molecule has 1 saturated carbocycles. The number of hydrogen-bond acceptors (Lipinski definition) is 3. The Morgan fingerprint density at radius 2 is 1.85 bits per heavy atom. The third-order valence-corrected chi connectivity index (χ3v) is 6.85. The van der Waals surface area contributed by atoms with Crippen LogP contribution in [0, 0.1) is 18.3 Å². The highest BCUT2D eigenvalue weighted by Crippen LogP contribution is 2.33. The maximum absolute atomic E-state index is 12.5. The van der Waals surface area contributed by atoms with E-state index in [0.717, 1.165) is 22.9 Å². The van der Waals surface area contributed by atoms with Gasteiger partial charge in [-0.15, -0.1) is 0 Å². The van der Waals surface area contributed by atoms with E-state index < -0.39 is 15.6 Å². The summed E-state index contributed by atoms with van der Waals surface area (Å²) in [5.74, 6) is 0. The average Bonchev–Trinajstić information content (AvgIpc) is 2.82. The highest BCUT2D eigenvalue weighted by Gasteiger charge is 2.38. The Morgan fingerprint density at radius 1 is 1.25 bits per heavy atom. The number of nitrogens with one attached hydrogen (secondary N) is 1. The van der Waals surface area contributed by atoms with Crippen molar-refractivity contribution in [2.24, 2.45) is 0 Å². The minimum absolute atomic E-state index is 0.150. The molecule has 0 aliphatic heterocycles. The van der Waals surface area contributed by atoms with Crippen LogP contribution in [-0.4, -0.2) is 14.0 Å². The molecular formula is C13H14Br2N2O2S. The van der Waals surface area contributed by atoms with Crippen molar-refractivity contribution in [2.45, 2.75) is 43.0 Å². The molecule has 7 heteroatoms. The molecule has 20 heavy (non-hydrogen) atoms. The smallest absolute Gasteiger partial charge is 0.207 e. The molecule has 1 aliphatic rings. The highest BCUT2D eigenvalue weighted by atomic mass is 79.9. The second-order valence-electron chi connectivity index (χ2n) is 5.04. The molecule has 0 heterocycles. The van der Waals surface area contributed by atoms with E-state index in [9.17, 15) is 13.7 Å². The fourth-order valence-electron chi connectivity index (χ4n) is 2.36. The van der Waals surface area contributed by atoms with Gasteiger partial charge in [-0.3, -0.25) is 0 Å². The Bertz CT molecular complexity index is 674. The SMILES string of the molecule is Cc1cc(Br)c(S(=O)(=O)NC2(C#N)CCCC2)cc1Br. The third-order valence-electron chi connectivity index (χ3n) is 3.50. The predicted octanol–water partition coefficient (Wildman–Crippen LogP) is 3.63. The number of nitriles is 1. The van der Waals surface area contributed by atoms with Crippen LogP contribution < -0.4 is 4.72 Å². The van der Waals surface area contributed by atoms with Crippen LogP contribution >= 0.6 is 31.9 Å². The maximum atomic E-state index is 12.5. The number of hydrogen-bond donors (Lipinski definition) is 1. The van der Waals surface area contributed by atoms with E-state index in [1.807, 2.05) is 6.92 Å². The van der Waals surface area contributed by atoms with E-state index >= 15 is 0 Å². The van der Waals surface area contributed by atoms with Gasteiger partial charge in [-0.25, -0.2) is 8.42 Å². The molecule has 0 spiro atoms. The van der Waals surface area contributed by atoms with Crippen molar-refractivity contribution < 1.29 is 8.42 Å². The molecule has 1 aliphatic carbocycles. The van der Waals surface area contributed by atoms with Gasteiger partial charge in [0.25, 0.3) is 0 Å². The molecule has 1 fully saturated rings. The second-order valence-corrected chi connectivity index (χ2v) is 8.40. The van der Waals surface area contributed by atoms with Crippen molar-refractivity contribution in [2.75, 3.05) is 0 Å². The number of sulfonamides is 1. The number of benzene rings is 1. The lowest BCUT2D eigenvalue weighted by molar-refractivity contribution is 0.485. The summed E-state index contributed by atoms with van der Waals surface area (Å²) < 4.78 is 28.8. The molecule has 2 rings (SSSR count). The first-order chi connectivity index (χ1) is 9.30. The van der Waals surface area contributed by atoms with E-state index in [-0.39, 0.29) is 4.90 Å². The summed E-state index contributed by atoms with van der Waals surface area (Å²) in [6.07, 6.45) is 2.87. The van der Waals surface area contributed by atoms with E-state index in [0.29, 0.717) is 17.3 Å². The Kier molecular flexibility index (Phi) is 4.59. The van der Waals surface area contributed by atoms with Crippen molar-refractivity contribution in [3.8, 4) is 6.07 Å². The van der Waals surface area contributed by atoms with E-state index in [1.54, 1.807) is 12.1 Å². The lowest BCUT2D eigenvalue weighted by Crippen LogP contribution is -2.45. The third kappa shape index (κ3) is 3.08. The Labute approximate surface area is 135 Å². The van der Waals surface area contributed by atoms with Gasteiger partial charge in [0.05, 0.1) is 11.0 Å². The zero-order chi connectivity index (χ0) is 15.0. The van der Waals surface area contributed by atoms with Gasteiger partial charge in [0.2, 0.25) is 10.0 Å². The lowest BCUT2D eigenvalue weighted by Gasteiger charge is -2.22. The Balaban J connectivity index is 2.41. The quantitative estimate of drug-likeness (QED) is 0.809. The lowest BCUT2D eigenvalue weighted by atomic mass is 10.0. The van der Waals surface area contributed by atoms with Gasteiger partial charge in [-0.05, 0) is 53.4 Å². The van der Waals surface area contributed by atoms with E-state index in [4.69, 9.17) is 0 Å². The second kappa shape index (κ2) is 5.76. The van der Waals surface area contributed by atoms with Gasteiger partial charge in [0.1, 0.15) is 5.54 Å². The topological polar surface area (TPSA) is 70.0 Å². The summed E-state index contributed by atoms with van der Waals surface area (Å²) in [6, 6.07) is 5.43. The number of rotatable bonds is 3. The fourth-order valence-corrected chi connectivity index (χ4v) is 5.42. The minimum atomic E-state index is -3.73. The molecule has 0 saturated heterocycles. The summed E-state index contributed by atoms with van der Waals surface area (Å²) in [5, 5.41) is 9.30. The normalized spacial score (nSPS) is 17.9. The van der Waals surface area contributed by atoms with Crippen LogP contribution in [0.4, 0.5) is 0 Å². The standard InChI is InChI=1S/C13H14Br2N2O2S/c1-9-6-11(15)12(7-10(9)14)20(18,19)17-13(8-16)4-2-3-5-13/h6-7,17H,2-5H2,1H3. The molecule has 0 atom stereocenters. The zero-order valence-corrected chi connectivity index (χ0v) is 14.9. The molecule has 0 amide bonds. The summed E-state index contributed by atoms with van der Waals surface area (Å²) in [4.78, 5) is 0.150. The molecular weight excluding hydrogens is 408 g/mol. The van der Waals surface area contributed by atoms with Crippen molar-refractivity contribution in [3.63, 3.8) is 0 Å². The predicted molar refractivity (Wildman–Crippen MR) is 83.7 cm³/mol. The Morgan fingerprint density at radius 3 is 2.40 bits per heavy atom. The molecule has 1 aromatic rings. The number of nitrogens with zero attached hydrogens (tertiary/aromatic N) is 1. The van der Waals surface area contributed by atoms with E-state index in [1.165, 1.54) is 0 Å². The first kappa shape index (κ1) is 16.0. The number of halogens is 2. The molecule has 0 bridgehead atoms. The number of aryl methyl sites for hydroxylation is 1. The summed E-state index contributed by atoms with van der Waals surface area (Å²) >= 11 is 6.62. The monoisotopic (exact) mass is 420 g/mol. The molecule has 0 radical (unpaired) electrons. The molecule has 4 nitrogen and oxygen atoms in total. The van der Waals surface area contributed by atoms with Crippen LogP contribution in [0.1, 0.15) is 31.2 Å². The minimum Gasteiger partial charge on any atom is -0.207 e. The fraction of sp³-hybridized carbons (Fsp3) is 0.462. The molecule has 0 unspecified atom stereocenters. The Hall–Kier alpha value is -0.420. The van der Waals surface area contributed by atoms with Crippen molar-refractivity contribution >= 4 is 41.9 Å². The van der Waals surface area contributed by atoms with Crippen LogP contribution in [0.15, 0.2) is 26.0 Å². The van der Waals surface area contributed by atoms with E-state index in [2.05, 4.69) is 42.7 Å². The summed E-state index contributed by atoms with van der Waals surface area (Å²) in [5.41, 5.74) is -0.0259. The van der Waals surface area contributed by atoms with Crippen molar-refractivity contribution in [1.82, 2.24) is 4.72 Å². The largest absolute Gasteiger partial charge is 0.243 e. The van der Waals surface area contributed by atoms with Crippen molar-refractivity contribution in [3.05, 3.63) is 26.6 Å². The zero-order valence-electron chi connectivity index (χ0n) is 10.9. The van der Waals surface area contributed by atoms with Crippen LogP contribution in [-0.2, 0) is 10.0 Å². The maximum Gasteiger partial charge on any atom is 0.243 e. The van der Waals surface area contributed by atoms with Crippen LogP contribution in [0.3, 0.4) is 0 Å². The van der Waals surface area contributed by atoms with Crippen LogP contribution in [0.5, 0.6) is 0 Å². The molecule has 0 aromatic heterocycles. The van der Waals surface area contributed by atoms with Gasteiger partial charge >= 0.3 is 0 Å². The summed E-state index contributed by atoms with van der Waals surface area (Å²) in [6.45, 7) is 1.88. The van der Waals surface area contributed by atoms with Crippen LogP contribution in [0.25, 0.3) is 0 Å². The highest BCUT2D eigenvalue weighted by molar-refractivity contribution is 9.11. The van der Waals surface area contributed by atoms with Gasteiger partial charge in [0.15, 0.2) is 0 Å². The van der Waals surface area contributed by atoms with Gasteiger partial charge in [-0.1, -0.05) is 28.8 Å². The van der Waals surface area contributed by atoms with Crippen molar-refractivity contribution in [1.29, 1.82) is 5.26 Å². The molecule has 1 N–H and O–H groups in total. The molecule has 1 aromatic carbocycles. The first-order valence-electron chi connectivity index (χ1n) is 6.20. The van der Waals surface area contributed by atoms with Gasteiger partial charge in [-0.2, -0.15) is 9.98 Å². The van der Waals surface area contributed by atoms with Gasteiger partial charge < -0.3 is 0 Å². The van der Waals surface area contributed by atoms with Crippen LogP contribution in [0.2, 0.25) is 0 Å². The average molecular weight is 422 g/mol. The molecule has 108 valence electrons. The first-order valence-corrected chi connectivity index (χ1v) is 9.27. The van der Waals surface area contributed by atoms with Gasteiger partial charge in [0, 0.05) is 8.95 Å². The summed E-state index contributed by atoms with van der Waals surface area (Å²) in [7, 11) is -3.73.